The summed E-state index contributed by atoms with van der Waals surface area (Å²) in [6.45, 7) is 10.8. The summed E-state index contributed by atoms with van der Waals surface area (Å²) in [5.41, 5.74) is 0. The van der Waals surface area contributed by atoms with E-state index >= 15 is 0 Å². The number of nitrogens with zero attached hydrogens (tertiary/aromatic N) is 4. The van der Waals surface area contributed by atoms with Crippen molar-refractivity contribution in [1.82, 2.24) is 19.6 Å². The van der Waals surface area contributed by atoms with E-state index in [0.29, 0.717) is 6.10 Å². The molecule has 3 rings (SSSR count). The van der Waals surface area contributed by atoms with Gasteiger partial charge in [-0.1, -0.05) is 0 Å². The molecule has 0 bridgehead atoms. The molecule has 0 aromatic carbocycles. The first-order chi connectivity index (χ1) is 10.7. The van der Waals surface area contributed by atoms with Gasteiger partial charge in [0.25, 0.3) is 0 Å². The van der Waals surface area contributed by atoms with Crippen LogP contribution in [0.15, 0.2) is 0 Å². The summed E-state index contributed by atoms with van der Waals surface area (Å²) in [6.07, 6.45) is 3.99. The quantitative estimate of drug-likeness (QED) is 0.675. The van der Waals surface area contributed by atoms with E-state index in [0.717, 1.165) is 45.7 Å². The molecule has 0 aromatic rings. The molecule has 0 aliphatic carbocycles. The summed E-state index contributed by atoms with van der Waals surface area (Å²) in [5.74, 6) is 0. The lowest BCUT2D eigenvalue weighted by Gasteiger charge is -2.33. The maximum atomic E-state index is 10.2. The van der Waals surface area contributed by atoms with Gasteiger partial charge in [0.1, 0.15) is 0 Å². The molecular formula is C16H32N4O2. The third-order valence-electron chi connectivity index (χ3n) is 4.77. The second-order valence-corrected chi connectivity index (χ2v) is 6.68. The molecule has 3 aliphatic rings. The van der Waals surface area contributed by atoms with Gasteiger partial charge in [0.2, 0.25) is 6.41 Å². The van der Waals surface area contributed by atoms with Crippen LogP contribution in [0.1, 0.15) is 12.8 Å². The van der Waals surface area contributed by atoms with E-state index in [-0.39, 0.29) is 0 Å². The molecule has 3 fully saturated rings. The van der Waals surface area contributed by atoms with E-state index in [1.165, 1.54) is 39.0 Å². The first kappa shape index (κ1) is 17.7. The Morgan fingerprint density at radius 1 is 0.955 bits per heavy atom. The average molecular weight is 312 g/mol. The summed E-state index contributed by atoms with van der Waals surface area (Å²) in [4.78, 5) is 19.1. The zero-order valence-electron chi connectivity index (χ0n) is 14.2. The molecule has 3 heterocycles. The van der Waals surface area contributed by atoms with Crippen molar-refractivity contribution in [2.24, 2.45) is 0 Å². The Bertz CT molecular complexity index is 307. The minimum absolute atomic E-state index is 0.531. The zero-order valence-corrected chi connectivity index (χ0v) is 14.2. The van der Waals surface area contributed by atoms with Gasteiger partial charge in [0, 0.05) is 65.5 Å². The summed E-state index contributed by atoms with van der Waals surface area (Å²) in [5, 5.41) is 0. The van der Waals surface area contributed by atoms with Gasteiger partial charge in [-0.3, -0.25) is 9.69 Å². The van der Waals surface area contributed by atoms with Crippen molar-refractivity contribution in [3.8, 4) is 0 Å². The normalized spacial score (nSPS) is 28.3. The molecule has 6 nitrogen and oxygen atoms in total. The highest BCUT2D eigenvalue weighted by Gasteiger charge is 2.21. The van der Waals surface area contributed by atoms with Crippen LogP contribution >= 0.6 is 0 Å². The molecular weight excluding hydrogens is 280 g/mol. The minimum Gasteiger partial charge on any atom is -0.377 e. The molecule has 0 aromatic heterocycles. The molecule has 1 atom stereocenters. The number of rotatable bonds is 3. The molecule has 0 N–H and O–H groups in total. The van der Waals surface area contributed by atoms with E-state index < -0.39 is 0 Å². The first-order valence-electron chi connectivity index (χ1n) is 8.58. The van der Waals surface area contributed by atoms with Crippen LogP contribution in [-0.2, 0) is 9.53 Å². The Balaban J connectivity index is 0.000000172. The fraction of sp³-hybridized carbons (Fsp3) is 0.938. The summed E-state index contributed by atoms with van der Waals surface area (Å²) in [7, 11) is 4.27. The standard InChI is InChI=1S/C10H20N2O.C6H12N2O/c1-11-4-6-12(7-5-11)9-10-3-2-8-13-10;1-7-2-4-8(6-9)5-3-7/h10H,2-9H2,1H3;6H,2-5H2,1H3. The van der Waals surface area contributed by atoms with Gasteiger partial charge in [-0.2, -0.15) is 0 Å². The Morgan fingerprint density at radius 2 is 1.55 bits per heavy atom. The molecule has 1 unspecified atom stereocenters. The van der Waals surface area contributed by atoms with Gasteiger partial charge in [-0.05, 0) is 26.9 Å². The molecule has 1 amide bonds. The van der Waals surface area contributed by atoms with Gasteiger partial charge < -0.3 is 19.4 Å². The van der Waals surface area contributed by atoms with Crippen LogP contribution in [0, 0.1) is 0 Å². The Labute approximate surface area is 135 Å². The summed E-state index contributed by atoms with van der Waals surface area (Å²) >= 11 is 0. The fourth-order valence-corrected chi connectivity index (χ4v) is 3.03. The smallest absolute Gasteiger partial charge is 0.209 e. The van der Waals surface area contributed by atoms with Crippen molar-refractivity contribution >= 4 is 6.41 Å². The highest BCUT2D eigenvalue weighted by atomic mass is 16.5. The second kappa shape index (κ2) is 9.45. The van der Waals surface area contributed by atoms with E-state index in [9.17, 15) is 4.79 Å². The molecule has 3 saturated heterocycles. The predicted octanol–water partition coefficient (Wildman–Crippen LogP) is -0.197. The maximum Gasteiger partial charge on any atom is 0.209 e. The van der Waals surface area contributed by atoms with Crippen LogP contribution in [0.4, 0.5) is 0 Å². The Hall–Kier alpha value is -0.690. The number of amides is 1. The van der Waals surface area contributed by atoms with Crippen LogP contribution in [0.25, 0.3) is 0 Å². The summed E-state index contributed by atoms with van der Waals surface area (Å²) < 4.78 is 5.63. The Morgan fingerprint density at radius 3 is 2.05 bits per heavy atom. The van der Waals surface area contributed by atoms with E-state index in [2.05, 4.69) is 28.8 Å². The average Bonchev–Trinajstić information content (AvgIpc) is 3.04. The second-order valence-electron chi connectivity index (χ2n) is 6.68. The third kappa shape index (κ3) is 6.20. The number of likely N-dealkylation sites (N-methyl/N-ethyl adjacent to an activating group) is 2. The number of hydrogen-bond donors (Lipinski definition) is 0. The lowest BCUT2D eigenvalue weighted by atomic mass is 10.2. The fourth-order valence-electron chi connectivity index (χ4n) is 3.03. The van der Waals surface area contributed by atoms with Crippen LogP contribution in [0.3, 0.4) is 0 Å². The van der Waals surface area contributed by atoms with Gasteiger partial charge in [0.05, 0.1) is 6.10 Å². The van der Waals surface area contributed by atoms with Crippen LogP contribution in [-0.4, -0.2) is 112 Å². The first-order valence-corrected chi connectivity index (χ1v) is 8.58. The van der Waals surface area contributed by atoms with Crippen molar-refractivity contribution in [1.29, 1.82) is 0 Å². The number of carbonyl (C=O) groups is 1. The van der Waals surface area contributed by atoms with Crippen molar-refractivity contribution in [3.63, 3.8) is 0 Å². The third-order valence-corrected chi connectivity index (χ3v) is 4.77. The van der Waals surface area contributed by atoms with Crippen LogP contribution < -0.4 is 0 Å². The molecule has 3 aliphatic heterocycles. The Kier molecular flexibility index (Phi) is 7.59. The van der Waals surface area contributed by atoms with Gasteiger partial charge in [-0.15, -0.1) is 0 Å². The summed E-state index contributed by atoms with van der Waals surface area (Å²) in [6, 6.07) is 0. The lowest BCUT2D eigenvalue weighted by Crippen LogP contribution is -2.46. The number of hydrogen-bond acceptors (Lipinski definition) is 5. The molecule has 22 heavy (non-hydrogen) atoms. The zero-order chi connectivity index (χ0) is 15.8. The largest absolute Gasteiger partial charge is 0.377 e. The van der Waals surface area contributed by atoms with Crippen LogP contribution in [0.2, 0.25) is 0 Å². The molecule has 128 valence electrons. The highest BCUT2D eigenvalue weighted by Crippen LogP contribution is 2.14. The van der Waals surface area contributed by atoms with Crippen molar-refractivity contribution < 1.29 is 9.53 Å². The topological polar surface area (TPSA) is 39.3 Å². The molecule has 6 heteroatoms. The molecule has 0 saturated carbocycles. The lowest BCUT2D eigenvalue weighted by molar-refractivity contribution is -0.119. The van der Waals surface area contributed by atoms with E-state index in [1.54, 1.807) is 4.90 Å². The molecule has 0 radical (unpaired) electrons. The number of ether oxygens (including phenoxy) is 1. The van der Waals surface area contributed by atoms with Gasteiger partial charge in [-0.25, -0.2) is 0 Å². The van der Waals surface area contributed by atoms with E-state index in [1.807, 2.05) is 0 Å². The SMILES string of the molecule is CN1CCN(C=O)CC1.CN1CCN(CC2CCCO2)CC1. The van der Waals surface area contributed by atoms with Gasteiger partial charge in [0.15, 0.2) is 0 Å². The van der Waals surface area contributed by atoms with Gasteiger partial charge >= 0.3 is 0 Å². The van der Waals surface area contributed by atoms with Crippen molar-refractivity contribution in [3.05, 3.63) is 0 Å². The van der Waals surface area contributed by atoms with E-state index in [4.69, 9.17) is 4.74 Å². The minimum atomic E-state index is 0.531. The molecule has 0 spiro atoms. The number of piperazine rings is 2. The van der Waals surface area contributed by atoms with Crippen molar-refractivity contribution in [2.75, 3.05) is 79.6 Å². The van der Waals surface area contributed by atoms with Crippen LogP contribution in [0.5, 0.6) is 0 Å². The highest BCUT2D eigenvalue weighted by molar-refractivity contribution is 5.47. The maximum absolute atomic E-state index is 10.2. The number of carbonyl (C=O) groups excluding carboxylic acids is 1. The van der Waals surface area contributed by atoms with Crippen molar-refractivity contribution in [2.45, 2.75) is 18.9 Å². The predicted molar refractivity (Wildman–Crippen MR) is 88.0 cm³/mol. The monoisotopic (exact) mass is 312 g/mol.